The van der Waals surface area contributed by atoms with Crippen molar-refractivity contribution in [1.29, 1.82) is 0 Å². The van der Waals surface area contributed by atoms with E-state index in [0.29, 0.717) is 37.9 Å². The van der Waals surface area contributed by atoms with E-state index < -0.39 is 0 Å². The van der Waals surface area contributed by atoms with E-state index in [9.17, 15) is 0 Å². The van der Waals surface area contributed by atoms with Crippen LogP contribution in [0.3, 0.4) is 0 Å². The van der Waals surface area contributed by atoms with Crippen molar-refractivity contribution < 1.29 is 4.42 Å². The van der Waals surface area contributed by atoms with Gasteiger partial charge in [-0.25, -0.2) is 0 Å². The molecule has 3 rings (SSSR count). The third-order valence-corrected chi connectivity index (χ3v) is 4.89. The lowest BCUT2D eigenvalue weighted by Crippen LogP contribution is -2.14. The highest BCUT2D eigenvalue weighted by Crippen LogP contribution is 2.33. The van der Waals surface area contributed by atoms with Crippen LogP contribution in [0.15, 0.2) is 75.3 Å². The van der Waals surface area contributed by atoms with Gasteiger partial charge < -0.3 is 27.4 Å². The SMILES string of the molecule is NCCCN=C(N)c1ccc(-c2ccoc2-c2ccc(C(N)=NCCCN)cc2)cc1. The van der Waals surface area contributed by atoms with Crippen LogP contribution in [0.25, 0.3) is 22.5 Å². The van der Waals surface area contributed by atoms with E-state index in [-0.39, 0.29) is 0 Å². The lowest BCUT2D eigenvalue weighted by Gasteiger charge is -2.07. The molecular formula is C24H30N6O. The van der Waals surface area contributed by atoms with E-state index in [0.717, 1.165) is 46.4 Å². The van der Waals surface area contributed by atoms with E-state index in [1.54, 1.807) is 6.26 Å². The maximum Gasteiger partial charge on any atom is 0.141 e. The highest BCUT2D eigenvalue weighted by molar-refractivity contribution is 5.98. The Labute approximate surface area is 182 Å². The lowest BCUT2D eigenvalue weighted by molar-refractivity contribution is 0.583. The molecule has 7 nitrogen and oxygen atoms in total. The van der Waals surface area contributed by atoms with Gasteiger partial charge in [0, 0.05) is 35.3 Å². The number of nitrogens with zero attached hydrogens (tertiary/aromatic N) is 2. The van der Waals surface area contributed by atoms with Crippen LogP contribution in [-0.2, 0) is 0 Å². The minimum atomic E-state index is 0.515. The van der Waals surface area contributed by atoms with Gasteiger partial charge >= 0.3 is 0 Å². The summed E-state index contributed by atoms with van der Waals surface area (Å²) in [5.74, 6) is 1.83. The Morgan fingerprint density at radius 1 is 0.677 bits per heavy atom. The number of hydrogen-bond donors (Lipinski definition) is 4. The molecule has 0 spiro atoms. The molecule has 31 heavy (non-hydrogen) atoms. The summed E-state index contributed by atoms with van der Waals surface area (Å²) in [4.78, 5) is 8.71. The van der Waals surface area contributed by atoms with Crippen molar-refractivity contribution in [3.05, 3.63) is 72.0 Å². The summed E-state index contributed by atoms with van der Waals surface area (Å²) in [7, 11) is 0. The number of amidine groups is 2. The van der Waals surface area contributed by atoms with Gasteiger partial charge in [-0.15, -0.1) is 0 Å². The van der Waals surface area contributed by atoms with E-state index in [2.05, 4.69) is 9.98 Å². The molecule has 0 aliphatic carbocycles. The first-order valence-electron chi connectivity index (χ1n) is 10.4. The molecule has 0 atom stereocenters. The lowest BCUT2D eigenvalue weighted by atomic mass is 10.00. The Bertz CT molecular complexity index is 937. The highest BCUT2D eigenvalue weighted by atomic mass is 16.3. The monoisotopic (exact) mass is 418 g/mol. The van der Waals surface area contributed by atoms with Crippen LogP contribution in [-0.4, -0.2) is 37.9 Å². The van der Waals surface area contributed by atoms with Crippen molar-refractivity contribution in [3.8, 4) is 22.5 Å². The van der Waals surface area contributed by atoms with Crippen LogP contribution in [0.4, 0.5) is 0 Å². The second-order valence-electron chi connectivity index (χ2n) is 7.14. The van der Waals surface area contributed by atoms with Gasteiger partial charge in [-0.1, -0.05) is 48.5 Å². The predicted molar refractivity (Wildman–Crippen MR) is 128 cm³/mol. The zero-order chi connectivity index (χ0) is 22.1. The number of nitrogens with two attached hydrogens (primary N) is 4. The van der Waals surface area contributed by atoms with Crippen molar-refractivity contribution in [1.82, 2.24) is 0 Å². The van der Waals surface area contributed by atoms with Gasteiger partial charge in [-0.3, -0.25) is 9.98 Å². The molecule has 0 bridgehead atoms. The molecule has 0 saturated carbocycles. The Balaban J connectivity index is 1.78. The summed E-state index contributed by atoms with van der Waals surface area (Å²) in [5.41, 5.74) is 27.9. The topological polar surface area (TPSA) is 142 Å². The summed E-state index contributed by atoms with van der Waals surface area (Å²) in [5, 5.41) is 0. The Kier molecular flexibility index (Phi) is 7.98. The number of furan rings is 1. The van der Waals surface area contributed by atoms with Crippen molar-refractivity contribution in [3.63, 3.8) is 0 Å². The molecule has 1 heterocycles. The molecule has 3 aromatic rings. The number of aliphatic imine (C=N–C) groups is 2. The number of rotatable bonds is 10. The largest absolute Gasteiger partial charge is 0.464 e. The fourth-order valence-electron chi connectivity index (χ4n) is 3.14. The van der Waals surface area contributed by atoms with Gasteiger partial charge in [0.05, 0.1) is 6.26 Å². The standard InChI is InChI=1S/C24H30N6O/c25-12-1-14-29-23(27)19-7-3-17(4-8-19)21-11-16-31-22(21)18-5-9-20(10-6-18)24(28)30-15-2-13-26/h3-11,16H,1-2,12-15,25-26H2,(H2,27,29)(H2,28,30). The molecule has 7 heteroatoms. The van der Waals surface area contributed by atoms with Crippen LogP contribution in [0.1, 0.15) is 24.0 Å². The summed E-state index contributed by atoms with van der Waals surface area (Å²) in [6.07, 6.45) is 3.33. The molecule has 0 saturated heterocycles. The maximum atomic E-state index is 6.07. The van der Waals surface area contributed by atoms with Gasteiger partial charge in [-0.05, 0) is 37.6 Å². The van der Waals surface area contributed by atoms with Crippen LogP contribution in [0.5, 0.6) is 0 Å². The molecule has 0 aliphatic rings. The zero-order valence-electron chi connectivity index (χ0n) is 17.6. The van der Waals surface area contributed by atoms with Crippen LogP contribution >= 0.6 is 0 Å². The molecule has 162 valence electrons. The van der Waals surface area contributed by atoms with E-state index >= 15 is 0 Å². The maximum absolute atomic E-state index is 6.07. The fourth-order valence-corrected chi connectivity index (χ4v) is 3.14. The molecule has 0 unspecified atom stereocenters. The first-order valence-corrected chi connectivity index (χ1v) is 10.4. The molecule has 0 amide bonds. The van der Waals surface area contributed by atoms with Crippen LogP contribution < -0.4 is 22.9 Å². The second kappa shape index (κ2) is 11.1. The number of hydrogen-bond acceptors (Lipinski definition) is 5. The molecule has 1 aromatic heterocycles. The van der Waals surface area contributed by atoms with Crippen molar-refractivity contribution in [2.45, 2.75) is 12.8 Å². The van der Waals surface area contributed by atoms with Gasteiger partial charge in [0.15, 0.2) is 0 Å². The smallest absolute Gasteiger partial charge is 0.141 e. The first-order chi connectivity index (χ1) is 15.1. The van der Waals surface area contributed by atoms with Gasteiger partial charge in [-0.2, -0.15) is 0 Å². The molecule has 0 aliphatic heterocycles. The summed E-state index contributed by atoms with van der Waals surface area (Å²) in [6.45, 7) is 2.47. The van der Waals surface area contributed by atoms with Gasteiger partial charge in [0.2, 0.25) is 0 Å². The summed E-state index contributed by atoms with van der Waals surface area (Å²) >= 11 is 0. The van der Waals surface area contributed by atoms with Gasteiger partial charge in [0.1, 0.15) is 17.4 Å². The average Bonchev–Trinajstić information content (AvgIpc) is 3.29. The minimum Gasteiger partial charge on any atom is -0.464 e. The third-order valence-electron chi connectivity index (χ3n) is 4.89. The third kappa shape index (κ3) is 5.81. The first kappa shape index (κ1) is 22.3. The fraction of sp³-hybridized carbons (Fsp3) is 0.250. The molecule has 8 N–H and O–H groups in total. The normalized spacial score (nSPS) is 12.3. The Hall–Kier alpha value is -3.42. The quantitative estimate of drug-likeness (QED) is 0.227. The minimum absolute atomic E-state index is 0.515. The zero-order valence-corrected chi connectivity index (χ0v) is 17.6. The van der Waals surface area contributed by atoms with Crippen molar-refractivity contribution in [2.24, 2.45) is 32.9 Å². The molecule has 2 aromatic carbocycles. The van der Waals surface area contributed by atoms with Crippen LogP contribution in [0.2, 0.25) is 0 Å². The summed E-state index contributed by atoms with van der Waals surface area (Å²) in [6, 6.07) is 17.8. The van der Waals surface area contributed by atoms with E-state index in [1.807, 2.05) is 54.6 Å². The van der Waals surface area contributed by atoms with Crippen molar-refractivity contribution >= 4 is 11.7 Å². The Morgan fingerprint density at radius 3 is 1.65 bits per heavy atom. The van der Waals surface area contributed by atoms with Gasteiger partial charge in [0.25, 0.3) is 0 Å². The molecular weight excluding hydrogens is 388 g/mol. The number of benzene rings is 2. The highest BCUT2D eigenvalue weighted by Gasteiger charge is 2.12. The van der Waals surface area contributed by atoms with Crippen molar-refractivity contribution in [2.75, 3.05) is 26.2 Å². The summed E-state index contributed by atoms with van der Waals surface area (Å²) < 4.78 is 5.79. The van der Waals surface area contributed by atoms with Crippen LogP contribution in [0, 0.1) is 0 Å². The second-order valence-corrected chi connectivity index (χ2v) is 7.14. The van der Waals surface area contributed by atoms with E-state index in [4.69, 9.17) is 27.4 Å². The molecule has 0 fully saturated rings. The average molecular weight is 419 g/mol. The molecule has 0 radical (unpaired) electrons. The van der Waals surface area contributed by atoms with E-state index in [1.165, 1.54) is 0 Å². The Morgan fingerprint density at radius 2 is 1.16 bits per heavy atom. The predicted octanol–water partition coefficient (Wildman–Crippen LogP) is 2.72.